The summed E-state index contributed by atoms with van der Waals surface area (Å²) in [6.07, 6.45) is -3.44. The van der Waals surface area contributed by atoms with Gasteiger partial charge in [-0.25, -0.2) is 28.7 Å². The highest BCUT2D eigenvalue weighted by Crippen LogP contribution is 2.36. The number of anilines is 3. The van der Waals surface area contributed by atoms with Gasteiger partial charge < -0.3 is 29.7 Å². The third-order valence-corrected chi connectivity index (χ3v) is 9.23. The molecule has 8 aromatic rings. The predicted octanol–water partition coefficient (Wildman–Crippen LogP) is 10.6. The van der Waals surface area contributed by atoms with Crippen molar-refractivity contribution < 1.29 is 63.2 Å². The molecular weight excluding hydrogens is 982 g/mol. The van der Waals surface area contributed by atoms with Crippen LogP contribution in [0.3, 0.4) is 0 Å². The molecule has 0 amide bonds. The van der Waals surface area contributed by atoms with Crippen LogP contribution in [0, 0.1) is 43.5 Å². The monoisotopic (exact) mass is 1010 g/mol. The van der Waals surface area contributed by atoms with Crippen molar-refractivity contribution in [2.45, 2.75) is 19.8 Å². The first-order valence-corrected chi connectivity index (χ1v) is 19.2. The van der Waals surface area contributed by atoms with Crippen LogP contribution in [0.1, 0.15) is 7.43 Å². The molecule has 0 spiro atoms. The second-order valence-corrected chi connectivity index (χ2v) is 14.3. The quantitative estimate of drug-likeness (QED) is 0.0562. The molecule has 368 valence electrons. The van der Waals surface area contributed by atoms with E-state index in [1.165, 1.54) is 30.6 Å². The summed E-state index contributed by atoms with van der Waals surface area (Å²) in [6, 6.07) is 10.9. The second kappa shape index (κ2) is 21.3. The van der Waals surface area contributed by atoms with E-state index in [-0.39, 0.29) is 36.0 Å². The molecule has 0 aliphatic carbocycles. The number of nitro benzene ring substituents is 2. The number of hydrogen-bond donors (Lipinski definition) is 2. The van der Waals surface area contributed by atoms with Gasteiger partial charge in [-0.05, 0) is 48.0 Å². The fraction of sp³-hybridized carbons (Fsp3) is 0.171. The molecule has 0 fully saturated rings. The van der Waals surface area contributed by atoms with Gasteiger partial charge in [0.2, 0.25) is 22.9 Å². The molecule has 0 radical (unpaired) electrons. The first-order chi connectivity index (χ1) is 32.4. The van der Waals surface area contributed by atoms with Crippen LogP contribution in [0.5, 0.6) is 11.5 Å². The lowest BCUT2D eigenvalue weighted by molar-refractivity contribution is -0.387. The minimum absolute atomic E-state index is 0. The van der Waals surface area contributed by atoms with Crippen LogP contribution in [-0.2, 0) is 14.1 Å². The van der Waals surface area contributed by atoms with Gasteiger partial charge in [-0.1, -0.05) is 7.43 Å². The van der Waals surface area contributed by atoms with Crippen molar-refractivity contribution in [3.05, 3.63) is 134 Å². The largest absolute Gasteiger partial charge is 0.482 e. The summed E-state index contributed by atoms with van der Waals surface area (Å²) >= 11 is 5.74. The number of benzene rings is 4. The molecule has 8 rings (SSSR count). The average molecular weight is 1010 g/mol. The van der Waals surface area contributed by atoms with Gasteiger partial charge in [0.15, 0.2) is 24.9 Å². The Morgan fingerprint density at radius 1 is 0.671 bits per heavy atom. The van der Waals surface area contributed by atoms with Gasteiger partial charge in [-0.2, -0.15) is 45.1 Å². The number of aryl methyl sites for hydroxylation is 2. The lowest BCUT2D eigenvalue weighted by atomic mass is 10.1. The maximum atomic E-state index is 14.0. The minimum Gasteiger partial charge on any atom is -0.482 e. The van der Waals surface area contributed by atoms with Gasteiger partial charge in [0.1, 0.15) is 35.8 Å². The summed E-state index contributed by atoms with van der Waals surface area (Å²) < 4.78 is 140. The molecule has 3 N–H and O–H groups in total. The van der Waals surface area contributed by atoms with Crippen LogP contribution in [0.4, 0.5) is 72.6 Å². The fourth-order valence-electron chi connectivity index (χ4n) is 6.14. The van der Waals surface area contributed by atoms with Gasteiger partial charge in [0, 0.05) is 83.7 Å². The molecule has 4 aromatic carbocycles. The number of hydrogen-bond acceptors (Lipinski definition) is 14. The second-order valence-electron chi connectivity index (χ2n) is 13.9. The maximum Gasteiger partial charge on any atom is 0.422 e. The molecule has 0 saturated carbocycles. The number of nitrogens with one attached hydrogen (secondary N) is 1. The van der Waals surface area contributed by atoms with Crippen molar-refractivity contribution in [1.82, 2.24) is 39.0 Å². The standard InChI is InChI=1S/C20H13F5N6O3.C12H8ClFN4.C8H6F4N2O3.CH4/c1-30-7-12(11-4-10(21)2-3-15(11)30)18-26-9-27-19(29-18)28-14-6-16(31(32)33)13(22)5-17(14)34-8-20(23,24)25;1-18-5-9(11-15-6-16-12(13)17-11)8-4-7(14)2-3-10(8)18;9-4-1-7(17-3-8(10,11)12)5(13)2-6(4)14(15)16;/h2-7,9H,8H2,1H3,(H,26,27,28,29);2-6H,1H3;1-2H,3,13H2;1H4. The lowest BCUT2D eigenvalue weighted by Gasteiger charge is -2.14. The lowest BCUT2D eigenvalue weighted by Crippen LogP contribution is -2.19. The zero-order valence-corrected chi connectivity index (χ0v) is 35.4. The van der Waals surface area contributed by atoms with Gasteiger partial charge in [0.05, 0.1) is 21.2 Å². The Hall–Kier alpha value is -8.43. The van der Waals surface area contributed by atoms with Crippen molar-refractivity contribution >= 4 is 62.1 Å². The Kier molecular flexibility index (Phi) is 15.9. The molecule has 0 aliphatic heterocycles. The Bertz CT molecular complexity index is 3230. The maximum absolute atomic E-state index is 14.0. The van der Waals surface area contributed by atoms with E-state index in [1.54, 1.807) is 29.9 Å². The number of halogens is 11. The van der Waals surface area contributed by atoms with E-state index >= 15 is 0 Å². The number of fused-ring (bicyclic) bond motifs is 2. The molecule has 0 unspecified atom stereocenters. The van der Waals surface area contributed by atoms with E-state index in [2.05, 4.69) is 44.7 Å². The number of nitrogens with zero attached hydrogens (tertiary/aromatic N) is 10. The molecule has 29 heteroatoms. The van der Waals surface area contributed by atoms with Gasteiger partial charge in [-0.15, -0.1) is 0 Å². The number of nitrogen functional groups attached to an aromatic ring is 1. The Morgan fingerprint density at radius 2 is 1.13 bits per heavy atom. The molecule has 4 heterocycles. The van der Waals surface area contributed by atoms with E-state index in [0.717, 1.165) is 22.8 Å². The fourth-order valence-corrected chi connectivity index (χ4v) is 6.27. The van der Waals surface area contributed by atoms with Crippen molar-refractivity contribution in [3.8, 4) is 34.3 Å². The summed E-state index contributed by atoms with van der Waals surface area (Å²) in [6.45, 7) is -3.42. The normalized spacial score (nSPS) is 11.2. The van der Waals surface area contributed by atoms with Crippen LogP contribution in [0.2, 0.25) is 5.28 Å². The van der Waals surface area contributed by atoms with Crippen LogP contribution < -0.4 is 20.5 Å². The number of ether oxygens (including phenoxy) is 2. The zero-order chi connectivity index (χ0) is 50.5. The Morgan fingerprint density at radius 3 is 1.61 bits per heavy atom. The van der Waals surface area contributed by atoms with Crippen LogP contribution in [-0.4, -0.2) is 74.5 Å². The summed E-state index contributed by atoms with van der Waals surface area (Å²) in [4.78, 5) is 43.2. The van der Waals surface area contributed by atoms with E-state index in [1.807, 2.05) is 17.8 Å². The van der Waals surface area contributed by atoms with E-state index in [9.17, 15) is 64.1 Å². The SMILES string of the molecule is C.Cn1cc(-c2ncnc(Cl)n2)c2cc(F)ccc21.Cn1cc(-c2ncnc(Nc3cc([N+](=O)[O-])c(F)cc3OCC(F)(F)F)n2)c2cc(F)ccc21.Nc1cc([N+](=O)[O-])c(F)cc1OCC(F)(F)F. The Labute approximate surface area is 390 Å². The number of nitrogens with two attached hydrogens (primary N) is 1. The highest BCUT2D eigenvalue weighted by Gasteiger charge is 2.31. The summed E-state index contributed by atoms with van der Waals surface area (Å²) in [5.41, 5.74) is 5.20. The molecule has 0 aliphatic rings. The highest BCUT2D eigenvalue weighted by atomic mass is 35.5. The van der Waals surface area contributed by atoms with Gasteiger partial charge in [0.25, 0.3) is 0 Å². The van der Waals surface area contributed by atoms with Crippen LogP contribution in [0.15, 0.2) is 85.7 Å². The van der Waals surface area contributed by atoms with Crippen molar-refractivity contribution in [3.63, 3.8) is 0 Å². The number of aromatic nitrogens is 8. The number of rotatable bonds is 10. The van der Waals surface area contributed by atoms with Gasteiger partial charge in [-0.3, -0.25) is 20.2 Å². The van der Waals surface area contributed by atoms with Gasteiger partial charge >= 0.3 is 23.7 Å². The molecule has 0 bridgehead atoms. The molecule has 0 atom stereocenters. The number of alkyl halides is 6. The minimum atomic E-state index is -4.74. The van der Waals surface area contributed by atoms with Crippen molar-refractivity contribution in [1.29, 1.82) is 0 Å². The average Bonchev–Trinajstić information content (AvgIpc) is 3.77. The first-order valence-electron chi connectivity index (χ1n) is 18.8. The molecule has 0 saturated heterocycles. The number of nitro groups is 2. The zero-order valence-electron chi connectivity index (χ0n) is 34.7. The molecule has 4 aromatic heterocycles. The van der Waals surface area contributed by atoms with Crippen LogP contribution in [0.25, 0.3) is 44.6 Å². The van der Waals surface area contributed by atoms with Crippen molar-refractivity contribution in [2.75, 3.05) is 24.3 Å². The Balaban J connectivity index is 0.000000214. The summed E-state index contributed by atoms with van der Waals surface area (Å²) in [5.74, 6) is -4.43. The third-order valence-electron chi connectivity index (χ3n) is 9.05. The highest BCUT2D eigenvalue weighted by molar-refractivity contribution is 6.28. The molecular formula is C41H31ClF10N12O6. The summed E-state index contributed by atoms with van der Waals surface area (Å²) in [5, 5.41) is 25.2. The van der Waals surface area contributed by atoms with E-state index in [4.69, 9.17) is 17.3 Å². The van der Waals surface area contributed by atoms with E-state index < -0.39 is 81.4 Å². The molecule has 70 heavy (non-hydrogen) atoms. The topological polar surface area (TPSA) is 230 Å². The first kappa shape index (κ1) is 52.5. The van der Waals surface area contributed by atoms with E-state index in [0.29, 0.717) is 46.6 Å². The van der Waals surface area contributed by atoms with Crippen molar-refractivity contribution in [2.24, 2.45) is 14.1 Å². The summed E-state index contributed by atoms with van der Waals surface area (Å²) in [7, 11) is 3.61. The smallest absolute Gasteiger partial charge is 0.422 e. The third kappa shape index (κ3) is 13.0. The predicted molar refractivity (Wildman–Crippen MR) is 232 cm³/mol. The van der Waals surface area contributed by atoms with Crippen LogP contribution >= 0.6 is 11.6 Å². The molecule has 18 nitrogen and oxygen atoms in total.